The number of nitrogens with one attached hydrogen (secondary N) is 1. The molecule has 0 atom stereocenters. The summed E-state index contributed by atoms with van der Waals surface area (Å²) in [5.74, 6) is 0. The van der Waals surface area contributed by atoms with Crippen molar-refractivity contribution in [2.24, 2.45) is 0 Å². The van der Waals surface area contributed by atoms with Crippen molar-refractivity contribution in [3.05, 3.63) is 29.8 Å². The van der Waals surface area contributed by atoms with Crippen molar-refractivity contribution >= 4 is 5.69 Å². The van der Waals surface area contributed by atoms with Crippen LogP contribution in [0.3, 0.4) is 0 Å². The topological polar surface area (TPSA) is 45.0 Å². The lowest BCUT2D eigenvalue weighted by Gasteiger charge is -2.35. The average molecular weight is 244 g/mol. The molecule has 1 aromatic carbocycles. The fourth-order valence-electron chi connectivity index (χ4n) is 2.16. The number of benzene rings is 1. The molecule has 0 saturated heterocycles. The first-order valence-corrected chi connectivity index (χ1v) is 6.36. The Morgan fingerprint density at radius 3 is 2.39 bits per heavy atom. The largest absolute Gasteiger partial charge is 0.382 e. The fraction of sp³-hybridized carbons (Fsp3) is 0.533. The maximum atomic E-state index is 9.09. The first kappa shape index (κ1) is 12.9. The molecule has 0 amide bonds. The quantitative estimate of drug-likeness (QED) is 0.885. The van der Waals surface area contributed by atoms with Gasteiger partial charge in [0.15, 0.2) is 0 Å². The van der Waals surface area contributed by atoms with Crippen LogP contribution in [-0.4, -0.2) is 19.3 Å². The van der Waals surface area contributed by atoms with Crippen LogP contribution in [0.25, 0.3) is 0 Å². The van der Waals surface area contributed by atoms with Crippen LogP contribution < -0.4 is 5.32 Å². The van der Waals surface area contributed by atoms with Crippen LogP contribution in [0.1, 0.15) is 32.3 Å². The van der Waals surface area contributed by atoms with E-state index in [0.29, 0.717) is 12.1 Å². The van der Waals surface area contributed by atoms with Gasteiger partial charge in [-0.25, -0.2) is 0 Å². The van der Waals surface area contributed by atoms with Crippen molar-refractivity contribution in [2.75, 3.05) is 12.4 Å². The van der Waals surface area contributed by atoms with Crippen molar-refractivity contribution in [1.29, 1.82) is 5.26 Å². The van der Waals surface area contributed by atoms with E-state index in [1.165, 1.54) is 0 Å². The second-order valence-corrected chi connectivity index (χ2v) is 5.48. The predicted molar refractivity (Wildman–Crippen MR) is 72.5 cm³/mol. The van der Waals surface area contributed by atoms with Gasteiger partial charge in [0.2, 0.25) is 0 Å². The summed E-state index contributed by atoms with van der Waals surface area (Å²) in [6.07, 6.45) is 2.56. The molecule has 0 spiro atoms. The highest BCUT2D eigenvalue weighted by Gasteiger charge is 2.28. The number of nitrogens with zero attached hydrogens (tertiary/aromatic N) is 1. The second kappa shape index (κ2) is 4.99. The standard InChI is InChI=1S/C15H20N2O/c1-15(2,10-16)11-4-6-12(7-5-11)17-13-8-14(9-13)18-3/h4-7,13-14,17H,8-9H2,1-3H3. The zero-order chi connectivity index (χ0) is 13.2. The molecule has 1 saturated carbocycles. The van der Waals surface area contributed by atoms with Crippen LogP contribution in [0.5, 0.6) is 0 Å². The van der Waals surface area contributed by atoms with Crippen molar-refractivity contribution in [3.8, 4) is 6.07 Å². The van der Waals surface area contributed by atoms with Gasteiger partial charge in [-0.1, -0.05) is 12.1 Å². The summed E-state index contributed by atoms with van der Waals surface area (Å²) in [5.41, 5.74) is 1.75. The van der Waals surface area contributed by atoms with E-state index in [9.17, 15) is 0 Å². The Labute approximate surface area is 109 Å². The predicted octanol–water partition coefficient (Wildman–Crippen LogP) is 3.08. The minimum atomic E-state index is -0.420. The Kier molecular flexibility index (Phi) is 3.58. The maximum Gasteiger partial charge on any atom is 0.0766 e. The Morgan fingerprint density at radius 1 is 1.28 bits per heavy atom. The molecule has 0 unspecified atom stereocenters. The molecule has 1 aliphatic rings. The van der Waals surface area contributed by atoms with E-state index in [-0.39, 0.29) is 0 Å². The smallest absolute Gasteiger partial charge is 0.0766 e. The summed E-state index contributed by atoms with van der Waals surface area (Å²) < 4.78 is 5.26. The lowest BCUT2D eigenvalue weighted by Crippen LogP contribution is -2.40. The number of anilines is 1. The molecule has 0 radical (unpaired) electrons. The van der Waals surface area contributed by atoms with Gasteiger partial charge in [0.25, 0.3) is 0 Å². The van der Waals surface area contributed by atoms with Gasteiger partial charge in [-0.2, -0.15) is 5.26 Å². The Bertz CT molecular complexity index is 439. The molecule has 0 aliphatic heterocycles. The molecule has 0 aromatic heterocycles. The minimum Gasteiger partial charge on any atom is -0.382 e. The fourth-order valence-corrected chi connectivity index (χ4v) is 2.16. The van der Waals surface area contributed by atoms with Crippen LogP contribution in [0.2, 0.25) is 0 Å². The Balaban J connectivity index is 1.95. The third-order valence-corrected chi connectivity index (χ3v) is 3.69. The molecule has 3 heteroatoms. The maximum absolute atomic E-state index is 9.09. The summed E-state index contributed by atoms with van der Waals surface area (Å²) in [6.45, 7) is 3.87. The van der Waals surface area contributed by atoms with E-state index in [0.717, 1.165) is 24.1 Å². The van der Waals surface area contributed by atoms with Crippen LogP contribution in [0.15, 0.2) is 24.3 Å². The minimum absolute atomic E-state index is 0.416. The van der Waals surface area contributed by atoms with Gasteiger partial charge in [-0.15, -0.1) is 0 Å². The Hall–Kier alpha value is -1.53. The molecule has 0 bridgehead atoms. The number of ether oxygens (including phenoxy) is 1. The van der Waals surface area contributed by atoms with Gasteiger partial charge >= 0.3 is 0 Å². The van der Waals surface area contributed by atoms with E-state index in [4.69, 9.17) is 10.00 Å². The van der Waals surface area contributed by atoms with Gasteiger partial charge in [-0.05, 0) is 44.4 Å². The average Bonchev–Trinajstić information content (AvgIpc) is 2.34. The number of rotatable bonds is 4. The summed E-state index contributed by atoms with van der Waals surface area (Å²) in [5, 5.41) is 12.6. The third kappa shape index (κ3) is 2.65. The highest BCUT2D eigenvalue weighted by Crippen LogP contribution is 2.28. The lowest BCUT2D eigenvalue weighted by atomic mass is 9.86. The lowest BCUT2D eigenvalue weighted by molar-refractivity contribution is 0.0329. The Morgan fingerprint density at radius 2 is 1.89 bits per heavy atom. The van der Waals surface area contributed by atoms with Gasteiger partial charge < -0.3 is 10.1 Å². The zero-order valence-electron chi connectivity index (χ0n) is 11.2. The van der Waals surface area contributed by atoms with Gasteiger partial charge in [0.05, 0.1) is 17.6 Å². The molecule has 1 aromatic rings. The van der Waals surface area contributed by atoms with Gasteiger partial charge in [0.1, 0.15) is 0 Å². The highest BCUT2D eigenvalue weighted by molar-refractivity contribution is 5.48. The molecular formula is C15H20N2O. The van der Waals surface area contributed by atoms with Crippen molar-refractivity contribution in [2.45, 2.75) is 44.2 Å². The normalized spacial score (nSPS) is 23.0. The molecule has 1 N–H and O–H groups in total. The first-order valence-electron chi connectivity index (χ1n) is 6.36. The number of methoxy groups -OCH3 is 1. The van der Waals surface area contributed by atoms with Crippen LogP contribution in [-0.2, 0) is 10.2 Å². The van der Waals surface area contributed by atoms with Crippen molar-refractivity contribution < 1.29 is 4.74 Å². The molecule has 96 valence electrons. The summed E-state index contributed by atoms with van der Waals surface area (Å²) in [4.78, 5) is 0. The third-order valence-electron chi connectivity index (χ3n) is 3.69. The molecule has 2 rings (SSSR count). The molecule has 3 nitrogen and oxygen atoms in total. The van der Waals surface area contributed by atoms with Gasteiger partial charge in [-0.3, -0.25) is 0 Å². The van der Waals surface area contributed by atoms with E-state index in [2.05, 4.69) is 23.5 Å². The highest BCUT2D eigenvalue weighted by atomic mass is 16.5. The summed E-state index contributed by atoms with van der Waals surface area (Å²) in [6, 6.07) is 11.0. The first-order chi connectivity index (χ1) is 8.55. The van der Waals surface area contributed by atoms with Crippen molar-refractivity contribution in [1.82, 2.24) is 0 Å². The van der Waals surface area contributed by atoms with E-state index >= 15 is 0 Å². The number of nitriles is 1. The van der Waals surface area contributed by atoms with E-state index in [1.54, 1.807) is 7.11 Å². The number of hydrogen-bond acceptors (Lipinski definition) is 3. The zero-order valence-corrected chi connectivity index (χ0v) is 11.2. The SMILES string of the molecule is COC1CC(Nc2ccc(C(C)(C)C#N)cc2)C1. The van der Waals surface area contributed by atoms with E-state index in [1.807, 2.05) is 26.0 Å². The van der Waals surface area contributed by atoms with Crippen molar-refractivity contribution in [3.63, 3.8) is 0 Å². The van der Waals surface area contributed by atoms with Gasteiger partial charge in [0, 0.05) is 18.8 Å². The van der Waals surface area contributed by atoms with Crippen LogP contribution in [0.4, 0.5) is 5.69 Å². The van der Waals surface area contributed by atoms with Crippen LogP contribution >= 0.6 is 0 Å². The van der Waals surface area contributed by atoms with Crippen LogP contribution in [0, 0.1) is 11.3 Å². The summed E-state index contributed by atoms with van der Waals surface area (Å²) >= 11 is 0. The molecule has 0 heterocycles. The molecular weight excluding hydrogens is 224 g/mol. The molecule has 1 aliphatic carbocycles. The monoisotopic (exact) mass is 244 g/mol. The second-order valence-electron chi connectivity index (χ2n) is 5.48. The molecule has 1 fully saturated rings. The number of hydrogen-bond donors (Lipinski definition) is 1. The molecule has 18 heavy (non-hydrogen) atoms. The van der Waals surface area contributed by atoms with E-state index < -0.39 is 5.41 Å². The summed E-state index contributed by atoms with van der Waals surface area (Å²) in [7, 11) is 1.76.